The third kappa shape index (κ3) is 4.99. The molecule has 0 aliphatic heterocycles. The second-order valence-electron chi connectivity index (χ2n) is 8.14. The van der Waals surface area contributed by atoms with Gasteiger partial charge in [0, 0.05) is 0 Å². The molecule has 0 spiro atoms. The number of benzene rings is 5. The zero-order chi connectivity index (χ0) is 24.0. The van der Waals surface area contributed by atoms with Crippen LogP contribution in [0.1, 0.15) is 21.5 Å². The van der Waals surface area contributed by atoms with Crippen molar-refractivity contribution < 1.29 is 14.3 Å². The molecule has 0 saturated carbocycles. The standard InChI is InChI=1S/C32H24O3/c1-34-31-22-23(14-16-27-12-7-11-26-10-5-6-13-29(26)27)15-21-30(31)35-32(33)28-19-17-25(18-20-28)24-8-3-2-4-9-24/h2-22H,1H3/b16-14+. The normalized spacial score (nSPS) is 11.0. The van der Waals surface area contributed by atoms with Crippen molar-refractivity contribution in [2.45, 2.75) is 0 Å². The van der Waals surface area contributed by atoms with Crippen molar-refractivity contribution in [3.63, 3.8) is 0 Å². The second-order valence-corrected chi connectivity index (χ2v) is 8.14. The molecule has 0 amide bonds. The minimum absolute atomic E-state index is 0.381. The molecule has 5 aromatic rings. The Kier molecular flexibility index (Phi) is 6.40. The number of hydrogen-bond acceptors (Lipinski definition) is 3. The lowest BCUT2D eigenvalue weighted by Crippen LogP contribution is -2.09. The Hall–Kier alpha value is -4.63. The maximum atomic E-state index is 12.8. The lowest BCUT2D eigenvalue weighted by Gasteiger charge is -2.10. The fraction of sp³-hybridized carbons (Fsp3) is 0.0312. The average molecular weight is 457 g/mol. The molecule has 3 nitrogen and oxygen atoms in total. The van der Waals surface area contributed by atoms with Crippen LogP contribution in [0.4, 0.5) is 0 Å². The molecule has 3 heteroatoms. The van der Waals surface area contributed by atoms with Crippen molar-refractivity contribution in [1.82, 2.24) is 0 Å². The Morgan fingerprint density at radius 3 is 2.17 bits per heavy atom. The maximum absolute atomic E-state index is 12.8. The van der Waals surface area contributed by atoms with Crippen molar-refractivity contribution in [2.24, 2.45) is 0 Å². The van der Waals surface area contributed by atoms with Gasteiger partial charge in [-0.3, -0.25) is 0 Å². The summed E-state index contributed by atoms with van der Waals surface area (Å²) in [5.41, 5.74) is 4.70. The zero-order valence-electron chi connectivity index (χ0n) is 19.3. The van der Waals surface area contributed by atoms with Crippen LogP contribution in [0.15, 0.2) is 115 Å². The van der Waals surface area contributed by atoms with Gasteiger partial charge in [-0.25, -0.2) is 4.79 Å². The number of hydrogen-bond donors (Lipinski definition) is 0. The van der Waals surface area contributed by atoms with Crippen LogP contribution in [0.3, 0.4) is 0 Å². The summed E-state index contributed by atoms with van der Waals surface area (Å²) in [5.74, 6) is 0.452. The summed E-state index contributed by atoms with van der Waals surface area (Å²) in [7, 11) is 1.57. The van der Waals surface area contributed by atoms with Crippen LogP contribution < -0.4 is 9.47 Å². The minimum atomic E-state index is -0.429. The second kappa shape index (κ2) is 10.1. The van der Waals surface area contributed by atoms with E-state index in [1.54, 1.807) is 25.3 Å². The highest BCUT2D eigenvalue weighted by Crippen LogP contribution is 2.30. The summed E-state index contributed by atoms with van der Waals surface area (Å²) in [6.07, 6.45) is 4.11. The summed E-state index contributed by atoms with van der Waals surface area (Å²) in [4.78, 5) is 12.8. The molecule has 5 aromatic carbocycles. The minimum Gasteiger partial charge on any atom is -0.493 e. The monoisotopic (exact) mass is 456 g/mol. The summed E-state index contributed by atoms with van der Waals surface area (Å²) >= 11 is 0. The Morgan fingerprint density at radius 1 is 0.657 bits per heavy atom. The van der Waals surface area contributed by atoms with Crippen molar-refractivity contribution in [1.29, 1.82) is 0 Å². The van der Waals surface area contributed by atoms with Gasteiger partial charge in [-0.2, -0.15) is 0 Å². The maximum Gasteiger partial charge on any atom is 0.343 e. The lowest BCUT2D eigenvalue weighted by atomic mass is 10.0. The Balaban J connectivity index is 1.33. The Morgan fingerprint density at radius 2 is 1.37 bits per heavy atom. The number of rotatable bonds is 6. The Labute approximate surface area is 204 Å². The first-order chi connectivity index (χ1) is 17.2. The third-order valence-corrected chi connectivity index (χ3v) is 5.90. The van der Waals surface area contributed by atoms with E-state index in [0.29, 0.717) is 17.1 Å². The molecule has 0 N–H and O–H groups in total. The van der Waals surface area contributed by atoms with Crippen LogP contribution in [-0.4, -0.2) is 13.1 Å². The van der Waals surface area contributed by atoms with Crippen LogP contribution in [0, 0.1) is 0 Å². The van der Waals surface area contributed by atoms with Crippen LogP contribution >= 0.6 is 0 Å². The lowest BCUT2D eigenvalue weighted by molar-refractivity contribution is 0.0729. The highest BCUT2D eigenvalue weighted by molar-refractivity contribution is 5.93. The first kappa shape index (κ1) is 22.2. The topological polar surface area (TPSA) is 35.5 Å². The average Bonchev–Trinajstić information content (AvgIpc) is 2.93. The Bertz CT molecular complexity index is 1490. The zero-order valence-corrected chi connectivity index (χ0v) is 19.3. The molecule has 5 rings (SSSR count). The summed E-state index contributed by atoms with van der Waals surface area (Å²) < 4.78 is 11.2. The SMILES string of the molecule is COc1cc(/C=C/c2cccc3ccccc23)ccc1OC(=O)c1ccc(-c2ccccc2)cc1. The molecule has 0 atom stereocenters. The molecule has 0 heterocycles. The number of fused-ring (bicyclic) bond motifs is 1. The van der Waals surface area contributed by atoms with E-state index in [-0.39, 0.29) is 0 Å². The molecule has 0 fully saturated rings. The van der Waals surface area contributed by atoms with E-state index in [4.69, 9.17) is 9.47 Å². The van der Waals surface area contributed by atoms with Crippen LogP contribution in [0.5, 0.6) is 11.5 Å². The van der Waals surface area contributed by atoms with Gasteiger partial charge in [0.1, 0.15) is 0 Å². The summed E-state index contributed by atoms with van der Waals surface area (Å²) in [5, 5.41) is 2.40. The van der Waals surface area contributed by atoms with Gasteiger partial charge in [0.2, 0.25) is 0 Å². The van der Waals surface area contributed by atoms with Gasteiger partial charge in [-0.1, -0.05) is 103 Å². The van der Waals surface area contributed by atoms with E-state index in [1.165, 1.54) is 10.8 Å². The largest absolute Gasteiger partial charge is 0.493 e. The van der Waals surface area contributed by atoms with Crippen molar-refractivity contribution >= 4 is 28.9 Å². The van der Waals surface area contributed by atoms with Gasteiger partial charge in [-0.15, -0.1) is 0 Å². The van der Waals surface area contributed by atoms with E-state index < -0.39 is 5.97 Å². The first-order valence-corrected chi connectivity index (χ1v) is 11.4. The van der Waals surface area contributed by atoms with E-state index in [1.807, 2.05) is 72.8 Å². The molecule has 170 valence electrons. The summed E-state index contributed by atoms with van der Waals surface area (Å²) in [6.45, 7) is 0. The van der Waals surface area contributed by atoms with Crippen molar-refractivity contribution in [2.75, 3.05) is 7.11 Å². The van der Waals surface area contributed by atoms with Crippen LogP contribution in [-0.2, 0) is 0 Å². The number of carbonyl (C=O) groups excluding carboxylic acids is 1. The van der Waals surface area contributed by atoms with E-state index >= 15 is 0 Å². The van der Waals surface area contributed by atoms with Gasteiger partial charge in [0.15, 0.2) is 11.5 Å². The summed E-state index contributed by atoms with van der Waals surface area (Å²) in [6, 6.07) is 37.5. The van der Waals surface area contributed by atoms with E-state index in [9.17, 15) is 4.79 Å². The quantitative estimate of drug-likeness (QED) is 0.148. The molecule has 35 heavy (non-hydrogen) atoms. The number of carbonyl (C=O) groups is 1. The molecule has 0 bridgehead atoms. The predicted molar refractivity (Wildman–Crippen MR) is 143 cm³/mol. The first-order valence-electron chi connectivity index (χ1n) is 11.4. The third-order valence-electron chi connectivity index (χ3n) is 5.90. The molecule has 0 aliphatic rings. The van der Waals surface area contributed by atoms with E-state index in [0.717, 1.165) is 22.3 Å². The molecule has 0 radical (unpaired) electrons. The van der Waals surface area contributed by atoms with E-state index in [2.05, 4.69) is 36.4 Å². The smallest absolute Gasteiger partial charge is 0.343 e. The number of methoxy groups -OCH3 is 1. The molecule has 0 saturated heterocycles. The fourth-order valence-electron chi connectivity index (χ4n) is 4.04. The highest BCUT2D eigenvalue weighted by atomic mass is 16.6. The molecular weight excluding hydrogens is 432 g/mol. The highest BCUT2D eigenvalue weighted by Gasteiger charge is 2.13. The predicted octanol–water partition coefficient (Wildman–Crippen LogP) is 7.91. The van der Waals surface area contributed by atoms with Gasteiger partial charge >= 0.3 is 5.97 Å². The molecule has 0 aromatic heterocycles. The molecular formula is C32H24O3. The van der Waals surface area contributed by atoms with Gasteiger partial charge in [-0.05, 0) is 57.3 Å². The van der Waals surface area contributed by atoms with Crippen molar-refractivity contribution in [3.8, 4) is 22.6 Å². The van der Waals surface area contributed by atoms with Crippen LogP contribution in [0.25, 0.3) is 34.1 Å². The van der Waals surface area contributed by atoms with Gasteiger partial charge in [0.25, 0.3) is 0 Å². The van der Waals surface area contributed by atoms with Gasteiger partial charge < -0.3 is 9.47 Å². The number of ether oxygens (including phenoxy) is 2. The van der Waals surface area contributed by atoms with Crippen molar-refractivity contribution in [3.05, 3.63) is 132 Å². The molecule has 0 aliphatic carbocycles. The number of esters is 1. The molecule has 0 unspecified atom stereocenters. The fourth-order valence-corrected chi connectivity index (χ4v) is 4.04. The van der Waals surface area contributed by atoms with Crippen LogP contribution in [0.2, 0.25) is 0 Å². The van der Waals surface area contributed by atoms with Gasteiger partial charge in [0.05, 0.1) is 12.7 Å².